The summed E-state index contributed by atoms with van der Waals surface area (Å²) >= 11 is 3.34. The van der Waals surface area contributed by atoms with Gasteiger partial charge in [-0.25, -0.2) is 0 Å². The molecule has 0 bridgehead atoms. The summed E-state index contributed by atoms with van der Waals surface area (Å²) in [6.07, 6.45) is 7.72. The number of rotatable bonds is 3. The first-order valence-electron chi connectivity index (χ1n) is 5.09. The molecular weight excluding hydrogens is 254 g/mol. The van der Waals surface area contributed by atoms with Gasteiger partial charge in [0, 0.05) is 17.1 Å². The topological polar surface area (TPSA) is 30.0 Å². The minimum absolute atomic E-state index is 0.107. The van der Waals surface area contributed by atoms with E-state index in [-0.39, 0.29) is 5.78 Å². The second-order valence-electron chi connectivity index (χ2n) is 3.69. The Hall–Kier alpha value is -0.960. The highest BCUT2D eigenvalue weighted by Gasteiger charge is 2.14. The average molecular weight is 266 g/mol. The summed E-state index contributed by atoms with van der Waals surface area (Å²) in [7, 11) is 0. The molecule has 1 aromatic heterocycles. The van der Waals surface area contributed by atoms with Gasteiger partial charge in [0.15, 0.2) is 5.78 Å². The van der Waals surface area contributed by atoms with Crippen molar-refractivity contribution in [2.45, 2.75) is 25.7 Å². The third-order valence-corrected chi connectivity index (χ3v) is 3.19. The van der Waals surface area contributed by atoms with E-state index in [9.17, 15) is 4.79 Å². The van der Waals surface area contributed by atoms with Crippen molar-refractivity contribution in [1.29, 1.82) is 0 Å². The third kappa shape index (κ3) is 2.53. The lowest BCUT2D eigenvalue weighted by Gasteiger charge is -2.02. The third-order valence-electron chi connectivity index (χ3n) is 2.55. The van der Waals surface area contributed by atoms with Crippen LogP contribution in [0.25, 0.3) is 0 Å². The number of Topliss-reactive ketones (excluding diaryl/α,β-unsaturated/α-hetero) is 1. The van der Waals surface area contributed by atoms with Crippen molar-refractivity contribution in [3.8, 4) is 0 Å². The van der Waals surface area contributed by atoms with Gasteiger partial charge in [0.2, 0.25) is 0 Å². The average Bonchev–Trinajstić information content (AvgIpc) is 2.71. The van der Waals surface area contributed by atoms with Crippen LogP contribution in [0.15, 0.2) is 34.5 Å². The van der Waals surface area contributed by atoms with Gasteiger partial charge >= 0.3 is 0 Å². The van der Waals surface area contributed by atoms with Crippen LogP contribution in [0.3, 0.4) is 0 Å². The minimum atomic E-state index is 0.107. The van der Waals surface area contributed by atoms with Crippen molar-refractivity contribution in [3.05, 3.63) is 40.1 Å². The first kappa shape index (κ1) is 10.6. The van der Waals surface area contributed by atoms with E-state index in [1.165, 1.54) is 12.0 Å². The first-order valence-corrected chi connectivity index (χ1v) is 5.88. The maximum absolute atomic E-state index is 11.9. The SMILES string of the molecule is O=C(CC1=CCCC1)c1ncccc1Br. The molecule has 1 aliphatic carbocycles. The normalized spacial score (nSPS) is 15.1. The Balaban J connectivity index is 2.11. The molecule has 2 rings (SSSR count). The van der Waals surface area contributed by atoms with Crippen LogP contribution in [0.4, 0.5) is 0 Å². The van der Waals surface area contributed by atoms with E-state index in [0.717, 1.165) is 17.3 Å². The Bertz CT molecular complexity index is 412. The summed E-state index contributed by atoms with van der Waals surface area (Å²) < 4.78 is 0.786. The molecule has 0 saturated carbocycles. The minimum Gasteiger partial charge on any atom is -0.292 e. The van der Waals surface area contributed by atoms with Gasteiger partial charge in [0.1, 0.15) is 5.69 Å². The van der Waals surface area contributed by atoms with E-state index in [2.05, 4.69) is 27.0 Å². The molecule has 1 aliphatic rings. The van der Waals surface area contributed by atoms with E-state index in [0.29, 0.717) is 12.1 Å². The number of hydrogen-bond acceptors (Lipinski definition) is 2. The molecule has 1 heterocycles. The summed E-state index contributed by atoms with van der Waals surface area (Å²) in [5, 5.41) is 0. The zero-order valence-electron chi connectivity index (χ0n) is 8.37. The van der Waals surface area contributed by atoms with Gasteiger partial charge in [0.25, 0.3) is 0 Å². The monoisotopic (exact) mass is 265 g/mol. The maximum atomic E-state index is 11.9. The Morgan fingerprint density at radius 3 is 3.07 bits per heavy atom. The van der Waals surface area contributed by atoms with Crippen molar-refractivity contribution < 1.29 is 4.79 Å². The standard InChI is InChI=1S/C12H12BrNO/c13-10-6-3-7-14-12(10)11(15)8-9-4-1-2-5-9/h3-4,6-7H,1-2,5,8H2. The quantitative estimate of drug-likeness (QED) is 0.618. The van der Waals surface area contributed by atoms with Crippen molar-refractivity contribution >= 4 is 21.7 Å². The van der Waals surface area contributed by atoms with Crippen LogP contribution in [0, 0.1) is 0 Å². The molecule has 0 amide bonds. The second kappa shape index (κ2) is 4.71. The van der Waals surface area contributed by atoms with Crippen LogP contribution in [0.2, 0.25) is 0 Å². The smallest absolute Gasteiger partial charge is 0.186 e. The number of carbonyl (C=O) groups is 1. The zero-order chi connectivity index (χ0) is 10.7. The lowest BCUT2D eigenvalue weighted by atomic mass is 10.1. The molecule has 0 saturated heterocycles. The fourth-order valence-corrected chi connectivity index (χ4v) is 2.25. The van der Waals surface area contributed by atoms with Crippen molar-refractivity contribution in [1.82, 2.24) is 4.98 Å². The van der Waals surface area contributed by atoms with Gasteiger partial charge in [-0.15, -0.1) is 0 Å². The van der Waals surface area contributed by atoms with Crippen molar-refractivity contribution in [2.75, 3.05) is 0 Å². The molecule has 15 heavy (non-hydrogen) atoms. The van der Waals surface area contributed by atoms with Gasteiger partial charge in [0.05, 0.1) is 0 Å². The van der Waals surface area contributed by atoms with E-state index in [4.69, 9.17) is 0 Å². The predicted molar refractivity (Wildman–Crippen MR) is 62.8 cm³/mol. The number of carbonyl (C=O) groups excluding carboxylic acids is 1. The van der Waals surface area contributed by atoms with E-state index < -0.39 is 0 Å². The maximum Gasteiger partial charge on any atom is 0.186 e. The van der Waals surface area contributed by atoms with Crippen LogP contribution >= 0.6 is 15.9 Å². The Morgan fingerprint density at radius 1 is 1.53 bits per heavy atom. The summed E-state index contributed by atoms with van der Waals surface area (Å²) in [5.41, 5.74) is 1.81. The van der Waals surface area contributed by atoms with E-state index >= 15 is 0 Å². The molecule has 0 atom stereocenters. The lowest BCUT2D eigenvalue weighted by Crippen LogP contribution is -2.03. The van der Waals surface area contributed by atoms with Gasteiger partial charge in [-0.05, 0) is 47.3 Å². The summed E-state index contributed by atoms with van der Waals surface area (Å²) in [6, 6.07) is 3.67. The lowest BCUT2D eigenvalue weighted by molar-refractivity contribution is 0.0987. The van der Waals surface area contributed by atoms with Gasteiger partial charge in [-0.1, -0.05) is 11.6 Å². The van der Waals surface area contributed by atoms with E-state index in [1.807, 2.05) is 12.1 Å². The van der Waals surface area contributed by atoms with Crippen molar-refractivity contribution in [3.63, 3.8) is 0 Å². The fraction of sp³-hybridized carbons (Fsp3) is 0.333. The highest BCUT2D eigenvalue weighted by atomic mass is 79.9. The largest absolute Gasteiger partial charge is 0.292 e. The number of halogens is 1. The molecule has 1 aromatic rings. The fourth-order valence-electron chi connectivity index (χ4n) is 1.78. The highest BCUT2D eigenvalue weighted by Crippen LogP contribution is 2.23. The molecule has 78 valence electrons. The number of allylic oxidation sites excluding steroid dienone is 2. The number of hydrogen-bond donors (Lipinski definition) is 0. The number of aromatic nitrogens is 1. The number of ketones is 1. The van der Waals surface area contributed by atoms with Crippen LogP contribution < -0.4 is 0 Å². The Morgan fingerprint density at radius 2 is 2.40 bits per heavy atom. The zero-order valence-corrected chi connectivity index (χ0v) is 9.96. The summed E-state index contributed by atoms with van der Waals surface area (Å²) in [4.78, 5) is 16.0. The second-order valence-corrected chi connectivity index (χ2v) is 4.54. The Labute approximate surface area is 97.5 Å². The van der Waals surface area contributed by atoms with Gasteiger partial charge in [-0.3, -0.25) is 9.78 Å². The summed E-state index contributed by atoms with van der Waals surface area (Å²) in [6.45, 7) is 0. The molecule has 0 aliphatic heterocycles. The number of nitrogens with zero attached hydrogens (tertiary/aromatic N) is 1. The molecule has 2 nitrogen and oxygen atoms in total. The number of pyridine rings is 1. The predicted octanol–water partition coefficient (Wildman–Crippen LogP) is 3.53. The molecular formula is C12H12BrNO. The molecule has 0 radical (unpaired) electrons. The molecule has 0 spiro atoms. The van der Waals surface area contributed by atoms with Gasteiger partial charge in [-0.2, -0.15) is 0 Å². The Kier molecular flexibility index (Phi) is 3.31. The first-order chi connectivity index (χ1) is 7.27. The highest BCUT2D eigenvalue weighted by molar-refractivity contribution is 9.10. The summed E-state index contributed by atoms with van der Waals surface area (Å²) in [5.74, 6) is 0.107. The molecule has 3 heteroatoms. The molecule has 0 fully saturated rings. The van der Waals surface area contributed by atoms with Crippen molar-refractivity contribution in [2.24, 2.45) is 0 Å². The van der Waals surface area contributed by atoms with E-state index in [1.54, 1.807) is 6.20 Å². The van der Waals surface area contributed by atoms with Gasteiger partial charge < -0.3 is 0 Å². The van der Waals surface area contributed by atoms with Crippen LogP contribution in [0.5, 0.6) is 0 Å². The van der Waals surface area contributed by atoms with Crippen LogP contribution in [-0.4, -0.2) is 10.8 Å². The van der Waals surface area contributed by atoms with Crippen LogP contribution in [-0.2, 0) is 0 Å². The van der Waals surface area contributed by atoms with Crippen LogP contribution in [0.1, 0.15) is 36.2 Å². The molecule has 0 unspecified atom stereocenters. The molecule has 0 N–H and O–H groups in total. The molecule has 0 aromatic carbocycles.